The topological polar surface area (TPSA) is 55.8 Å². The number of rotatable bonds is 8. The maximum Gasteiger partial charge on any atom is 0.432 e. The fourth-order valence-electron chi connectivity index (χ4n) is 3.32. The summed E-state index contributed by atoms with van der Waals surface area (Å²) in [7, 11) is 0.777. The number of benzene rings is 1. The number of carbonyl (C=O) groups is 2. The predicted molar refractivity (Wildman–Crippen MR) is 96.8 cm³/mol. The number of alkyl halides is 4. The van der Waals surface area contributed by atoms with Crippen molar-refractivity contribution in [3.8, 4) is 0 Å². The van der Waals surface area contributed by atoms with Crippen molar-refractivity contribution in [2.45, 2.75) is 56.0 Å². The maximum atomic E-state index is 13.9. The largest absolute Gasteiger partial charge is 0.447 e. The highest BCUT2D eigenvalue weighted by Gasteiger charge is 2.65. The molecule has 0 bridgehead atoms. The van der Waals surface area contributed by atoms with Gasteiger partial charge in [0.25, 0.3) is 11.5 Å². The Kier molecular flexibility index (Phi) is 6.98. The van der Waals surface area contributed by atoms with Crippen LogP contribution in [0.5, 0.6) is 0 Å². The molecule has 1 saturated heterocycles. The number of hydrogen-bond acceptors (Lipinski definition) is 4. The Hall–Kier alpha value is -1.80. The third kappa shape index (κ3) is 3.85. The summed E-state index contributed by atoms with van der Waals surface area (Å²) in [5, 5.41) is -0.605. The summed E-state index contributed by atoms with van der Waals surface area (Å²) in [5.74, 6) is -2.25. The summed E-state index contributed by atoms with van der Waals surface area (Å²) in [6, 6.07) is 5.77. The van der Waals surface area contributed by atoms with Crippen molar-refractivity contribution in [1.82, 2.24) is 4.90 Å². The van der Waals surface area contributed by atoms with E-state index in [2.05, 4.69) is 4.74 Å². The van der Waals surface area contributed by atoms with Gasteiger partial charge in [0.1, 0.15) is 0 Å². The minimum absolute atomic E-state index is 0.401. The highest BCUT2D eigenvalue weighted by molar-refractivity contribution is 6.21. The molecule has 1 aliphatic heterocycles. The molecule has 1 fully saturated rings. The Morgan fingerprint density at radius 3 is 2.36 bits per heavy atom. The van der Waals surface area contributed by atoms with Gasteiger partial charge in [0.05, 0.1) is 11.4 Å². The number of methoxy groups -OCH3 is 1. The number of unbranched alkanes of at least 4 members (excludes halogenated alkanes) is 1. The Bertz CT molecular complexity index is 698. The lowest BCUT2D eigenvalue weighted by Gasteiger charge is -2.48. The Labute approximate surface area is 166 Å². The van der Waals surface area contributed by atoms with E-state index >= 15 is 0 Å². The Morgan fingerprint density at radius 2 is 1.89 bits per heavy atom. The second-order valence-electron chi connectivity index (χ2n) is 6.63. The Morgan fingerprint density at radius 1 is 1.29 bits per heavy atom. The summed E-state index contributed by atoms with van der Waals surface area (Å²) in [6.07, 6.45) is -4.94. The van der Waals surface area contributed by atoms with Crippen molar-refractivity contribution in [2.24, 2.45) is 0 Å². The van der Waals surface area contributed by atoms with Gasteiger partial charge in [-0.05, 0) is 13.3 Å². The standard InChI is InChI=1S/C19H23ClF3NO4/c1-4-5-11-24-14(12(2)20)15(16(24)25)28-17(26)18(27-3,19(21,22)23)13-9-7-6-8-10-13/h6-10,12,14-15H,4-5,11H2,1-3H3/t12-,14+,15-,18-/m0/s1. The molecule has 1 amide bonds. The summed E-state index contributed by atoms with van der Waals surface area (Å²) >= 11 is 6.11. The molecule has 1 aliphatic rings. The fourth-order valence-corrected chi connectivity index (χ4v) is 3.59. The molecule has 1 heterocycles. The predicted octanol–water partition coefficient (Wildman–Crippen LogP) is 3.64. The van der Waals surface area contributed by atoms with Gasteiger partial charge in [-0.2, -0.15) is 13.2 Å². The molecular formula is C19H23ClF3NO4. The van der Waals surface area contributed by atoms with Crippen LogP contribution < -0.4 is 0 Å². The molecular weight excluding hydrogens is 399 g/mol. The van der Waals surface area contributed by atoms with Crippen molar-refractivity contribution < 1.29 is 32.2 Å². The SMILES string of the molecule is CCCCN1C(=O)[C@@H](OC(=O)[C@@](OC)(c2ccccc2)C(F)(F)F)[C@H]1[C@H](C)Cl. The summed E-state index contributed by atoms with van der Waals surface area (Å²) in [5.41, 5.74) is -3.77. The first-order chi connectivity index (χ1) is 13.1. The summed E-state index contributed by atoms with van der Waals surface area (Å²) in [6.45, 7) is 3.94. The monoisotopic (exact) mass is 421 g/mol. The van der Waals surface area contributed by atoms with Gasteiger partial charge in [-0.3, -0.25) is 4.79 Å². The lowest BCUT2D eigenvalue weighted by Crippen LogP contribution is -2.70. The van der Waals surface area contributed by atoms with E-state index in [0.29, 0.717) is 13.0 Å². The number of likely N-dealkylation sites (tertiary alicyclic amines) is 1. The van der Waals surface area contributed by atoms with E-state index in [1.807, 2.05) is 6.92 Å². The summed E-state index contributed by atoms with van der Waals surface area (Å²) < 4.78 is 51.5. The highest BCUT2D eigenvalue weighted by Crippen LogP contribution is 2.44. The van der Waals surface area contributed by atoms with Crippen molar-refractivity contribution in [3.05, 3.63) is 35.9 Å². The van der Waals surface area contributed by atoms with Crippen molar-refractivity contribution >= 4 is 23.5 Å². The van der Waals surface area contributed by atoms with Crippen molar-refractivity contribution in [3.63, 3.8) is 0 Å². The number of hydrogen-bond donors (Lipinski definition) is 0. The van der Waals surface area contributed by atoms with Gasteiger partial charge in [-0.15, -0.1) is 11.6 Å². The van der Waals surface area contributed by atoms with Crippen molar-refractivity contribution in [2.75, 3.05) is 13.7 Å². The third-order valence-electron chi connectivity index (χ3n) is 4.83. The maximum absolute atomic E-state index is 13.9. The molecule has 28 heavy (non-hydrogen) atoms. The molecule has 0 aliphatic carbocycles. The molecule has 0 N–H and O–H groups in total. The zero-order valence-corrected chi connectivity index (χ0v) is 16.6. The minimum Gasteiger partial charge on any atom is -0.447 e. The zero-order chi connectivity index (χ0) is 21.1. The van der Waals surface area contributed by atoms with Crippen LogP contribution in [0.3, 0.4) is 0 Å². The van der Waals surface area contributed by atoms with Gasteiger partial charge in [0.2, 0.25) is 6.10 Å². The first kappa shape index (κ1) is 22.5. The van der Waals surface area contributed by atoms with Crippen LogP contribution in [0, 0.1) is 0 Å². The van der Waals surface area contributed by atoms with Crippen molar-refractivity contribution in [1.29, 1.82) is 0 Å². The van der Waals surface area contributed by atoms with Crippen LogP contribution in [0.1, 0.15) is 32.3 Å². The molecule has 4 atom stereocenters. The molecule has 0 radical (unpaired) electrons. The Balaban J connectivity index is 2.33. The molecule has 0 saturated carbocycles. The fraction of sp³-hybridized carbons (Fsp3) is 0.579. The molecule has 5 nitrogen and oxygen atoms in total. The number of ether oxygens (including phenoxy) is 2. The number of halogens is 4. The lowest BCUT2D eigenvalue weighted by molar-refractivity contribution is -0.280. The molecule has 2 rings (SSSR count). The molecule has 0 aromatic heterocycles. The van der Waals surface area contributed by atoms with Gasteiger partial charge >= 0.3 is 12.1 Å². The van der Waals surface area contributed by atoms with Gasteiger partial charge in [0, 0.05) is 19.2 Å². The first-order valence-corrected chi connectivity index (χ1v) is 9.38. The van der Waals surface area contributed by atoms with E-state index in [-0.39, 0.29) is 0 Å². The van der Waals surface area contributed by atoms with Crippen LogP contribution in [-0.2, 0) is 24.7 Å². The van der Waals surface area contributed by atoms with E-state index in [9.17, 15) is 22.8 Å². The average molecular weight is 422 g/mol. The number of amides is 1. The van der Waals surface area contributed by atoms with Crippen LogP contribution >= 0.6 is 11.6 Å². The smallest absolute Gasteiger partial charge is 0.432 e. The van der Waals surface area contributed by atoms with Crippen LogP contribution in [0.15, 0.2) is 30.3 Å². The van der Waals surface area contributed by atoms with Crippen LogP contribution in [-0.4, -0.2) is 54.1 Å². The first-order valence-electron chi connectivity index (χ1n) is 8.94. The second kappa shape index (κ2) is 8.69. The van der Waals surface area contributed by atoms with Gasteiger partial charge in [-0.25, -0.2) is 4.79 Å². The van der Waals surface area contributed by atoms with Crippen LogP contribution in [0.2, 0.25) is 0 Å². The van der Waals surface area contributed by atoms with Gasteiger partial charge < -0.3 is 14.4 Å². The number of β-lactam (4-membered cyclic amide) rings is 1. The molecule has 1 aromatic rings. The highest BCUT2D eigenvalue weighted by atomic mass is 35.5. The molecule has 0 unspecified atom stereocenters. The summed E-state index contributed by atoms with van der Waals surface area (Å²) in [4.78, 5) is 26.5. The zero-order valence-electron chi connectivity index (χ0n) is 15.8. The molecule has 9 heteroatoms. The normalized spacial score (nSPS) is 23.0. The number of nitrogens with zero attached hydrogens (tertiary/aromatic N) is 1. The molecule has 156 valence electrons. The third-order valence-corrected chi connectivity index (χ3v) is 5.09. The van der Waals surface area contributed by atoms with E-state index in [1.165, 1.54) is 23.1 Å². The van der Waals surface area contributed by atoms with Crippen LogP contribution in [0.25, 0.3) is 0 Å². The minimum atomic E-state index is -5.10. The average Bonchev–Trinajstić information content (AvgIpc) is 2.63. The van der Waals surface area contributed by atoms with Gasteiger partial charge in [0.15, 0.2) is 0 Å². The molecule has 0 spiro atoms. The van der Waals surface area contributed by atoms with Gasteiger partial charge in [-0.1, -0.05) is 43.7 Å². The molecule has 1 aromatic carbocycles. The van der Waals surface area contributed by atoms with Crippen LogP contribution in [0.4, 0.5) is 13.2 Å². The quantitative estimate of drug-likeness (QED) is 0.365. The number of carbonyl (C=O) groups excluding carboxylic acids is 2. The second-order valence-corrected chi connectivity index (χ2v) is 7.32. The lowest BCUT2D eigenvalue weighted by atomic mass is 9.91. The number of esters is 1. The van der Waals surface area contributed by atoms with E-state index in [4.69, 9.17) is 16.3 Å². The van der Waals surface area contributed by atoms with E-state index in [0.717, 1.165) is 25.7 Å². The van der Waals surface area contributed by atoms with E-state index < -0.39 is 46.7 Å². The van der Waals surface area contributed by atoms with E-state index in [1.54, 1.807) is 6.92 Å².